The van der Waals surface area contributed by atoms with E-state index >= 15 is 0 Å². The summed E-state index contributed by atoms with van der Waals surface area (Å²) in [6.07, 6.45) is -8.86. The monoisotopic (exact) mass is 923 g/mol. The number of benzene rings is 1. The van der Waals surface area contributed by atoms with Crippen molar-refractivity contribution in [3.05, 3.63) is 34.9 Å². The van der Waals surface area contributed by atoms with Gasteiger partial charge in [0.25, 0.3) is 0 Å². The van der Waals surface area contributed by atoms with Gasteiger partial charge in [0, 0.05) is 49.4 Å². The Hall–Kier alpha value is -3.29. The van der Waals surface area contributed by atoms with E-state index in [9.17, 15) is 19.5 Å². The molecule has 0 aliphatic carbocycles. The second-order valence-corrected chi connectivity index (χ2v) is 19.8. The second kappa shape index (κ2) is 19.9. The molecule has 4 fully saturated rings. The fourth-order valence-electron chi connectivity index (χ4n) is 10.4. The fourth-order valence-corrected chi connectivity index (χ4v) is 10.6. The van der Waals surface area contributed by atoms with Gasteiger partial charge >= 0.3 is 18.2 Å². The minimum atomic E-state index is -1.39. The smallest absolute Gasteiger partial charge is 0.472 e. The first-order chi connectivity index (χ1) is 30.0. The highest BCUT2D eigenvalue weighted by atomic mass is 35.5. The van der Waals surface area contributed by atoms with Crippen LogP contribution < -0.4 is 5.32 Å². The Morgan fingerprint density at radius 1 is 1.00 bits per heavy atom. The number of nitrogens with zero attached hydrogens (tertiary/aromatic N) is 2. The molecular weight excluding hydrogens is 854 g/mol. The summed E-state index contributed by atoms with van der Waals surface area (Å²) in [6, 6.07) is 6.22. The maximum absolute atomic E-state index is 14.7. The highest BCUT2D eigenvalue weighted by Crippen LogP contribution is 2.45. The number of aliphatic imine (C=N–C) groups is 1. The van der Waals surface area contributed by atoms with Crippen LogP contribution in [0.4, 0.5) is 9.59 Å². The Kier molecular flexibility index (Phi) is 15.6. The second-order valence-electron chi connectivity index (χ2n) is 19.3. The van der Waals surface area contributed by atoms with Crippen LogP contribution in [0.1, 0.15) is 100 Å². The SMILES string of the molecule is CC[C@H]1OC(=O)[C@H](C)[C@@H](O[C@H]2C[C@@](C)(OC)[C@@H](OC(=O)NCc3cccc(Cl)c3)[C@H](C)O2)[C@H](C)[C@@H](O[C@@H]2O[C@H](C)C[C@H](N(C)C)[C@H]2O)[C@@]2(C)C[C@@H](C)C(=N[C@H](C)[C@H]3OC(=O)O[C@]31C)O2. The van der Waals surface area contributed by atoms with Gasteiger partial charge in [-0.05, 0) is 93.1 Å². The number of rotatable bonds is 10. The number of aliphatic hydroxyl groups is 1. The summed E-state index contributed by atoms with van der Waals surface area (Å²) in [5.74, 6) is -2.08. The number of cyclic esters (lactones) is 1. The van der Waals surface area contributed by atoms with Crippen molar-refractivity contribution in [2.75, 3.05) is 21.2 Å². The summed E-state index contributed by atoms with van der Waals surface area (Å²) in [7, 11) is 5.33. The highest BCUT2D eigenvalue weighted by molar-refractivity contribution is 6.30. The zero-order valence-corrected chi connectivity index (χ0v) is 40.3. The maximum Gasteiger partial charge on any atom is 0.509 e. The van der Waals surface area contributed by atoms with Gasteiger partial charge < -0.3 is 62.7 Å². The molecule has 17 nitrogen and oxygen atoms in total. The number of carbonyl (C=O) groups excluding carboxylic acids is 3. The Morgan fingerprint density at radius 3 is 2.38 bits per heavy atom. The normalized spacial score (nSPS) is 42.9. The Labute approximate surface area is 382 Å². The summed E-state index contributed by atoms with van der Waals surface area (Å²) in [5, 5.41) is 15.1. The number of alkyl carbamates (subject to hydrolysis) is 1. The van der Waals surface area contributed by atoms with Gasteiger partial charge in [0.15, 0.2) is 36.3 Å². The summed E-state index contributed by atoms with van der Waals surface area (Å²) in [5.41, 5.74) is -2.81. The molecule has 360 valence electrons. The van der Waals surface area contributed by atoms with Gasteiger partial charge in [-0.2, -0.15) is 0 Å². The predicted octanol–water partition coefficient (Wildman–Crippen LogP) is 6.18. The molecule has 5 aliphatic rings. The highest BCUT2D eigenvalue weighted by Gasteiger charge is 2.59. The molecule has 4 saturated heterocycles. The molecular formula is C46H70ClN3O14. The first-order valence-electron chi connectivity index (χ1n) is 22.6. The third-order valence-electron chi connectivity index (χ3n) is 13.9. The van der Waals surface area contributed by atoms with E-state index in [4.69, 9.17) is 64.0 Å². The van der Waals surface area contributed by atoms with Crippen LogP contribution in [0.2, 0.25) is 5.02 Å². The van der Waals surface area contributed by atoms with Crippen LogP contribution in [0.25, 0.3) is 0 Å². The number of hydrogen-bond donors (Lipinski definition) is 2. The first kappa shape index (κ1) is 50.1. The van der Waals surface area contributed by atoms with Crippen molar-refractivity contribution in [1.29, 1.82) is 0 Å². The van der Waals surface area contributed by atoms with Gasteiger partial charge in [0.05, 0.1) is 30.3 Å². The van der Waals surface area contributed by atoms with Crippen molar-refractivity contribution >= 4 is 35.7 Å². The predicted molar refractivity (Wildman–Crippen MR) is 234 cm³/mol. The molecule has 0 unspecified atom stereocenters. The number of esters is 1. The number of halogens is 1. The lowest BCUT2D eigenvalue weighted by Crippen LogP contribution is -2.61. The molecule has 2 bridgehead atoms. The molecule has 5 heterocycles. The van der Waals surface area contributed by atoms with Gasteiger partial charge in [-0.15, -0.1) is 0 Å². The number of ether oxygens (including phenoxy) is 10. The molecule has 5 aliphatic heterocycles. The number of fused-ring (bicyclic) bond motifs is 3. The molecule has 0 spiro atoms. The molecule has 18 heteroatoms. The molecule has 64 heavy (non-hydrogen) atoms. The lowest BCUT2D eigenvalue weighted by Gasteiger charge is -2.49. The van der Waals surface area contributed by atoms with Crippen LogP contribution in [-0.4, -0.2) is 146 Å². The summed E-state index contributed by atoms with van der Waals surface area (Å²) in [4.78, 5) is 47.6. The summed E-state index contributed by atoms with van der Waals surface area (Å²) in [6.45, 7) is 18.6. The first-order valence-corrected chi connectivity index (χ1v) is 23.0. The van der Waals surface area contributed by atoms with E-state index in [1.165, 1.54) is 7.11 Å². The van der Waals surface area contributed by atoms with Crippen LogP contribution in [0.15, 0.2) is 29.3 Å². The Bertz CT molecular complexity index is 1860. The van der Waals surface area contributed by atoms with E-state index < -0.39 is 108 Å². The largest absolute Gasteiger partial charge is 0.509 e. The average Bonchev–Trinajstić information content (AvgIpc) is 3.71. The molecule has 1 aromatic carbocycles. The molecule has 2 N–H and O–H groups in total. The number of aliphatic hydroxyl groups excluding tert-OH is 1. The Balaban J connectivity index is 1.36. The number of amides is 1. The van der Waals surface area contributed by atoms with Crippen LogP contribution in [-0.2, 0) is 58.7 Å². The standard InChI is InChI=1S/C46H70ClN3O14/c1-14-32-46(10)37(62-43(54)64-46)27(6)49-39-23(2)20-45(9,63-39)36(60-41-34(51)31(50(11)12)18-24(3)56-41)25(4)35(26(5)40(52)58-32)59-33-21-44(8,55-13)38(28(7)57-33)61-42(53)48-22-29-16-15-17-30(47)19-29/h15-17,19,23-28,31-38,41,51H,14,18,20-22H2,1-13H3,(H,48,53)/t23-,24-,25+,26-,27-,28+,31+,32-,33+,34-,35+,36-,37-,38+,41+,44-,45-,46+/m1/s1. The molecule has 6 rings (SSSR count). The lowest BCUT2D eigenvalue weighted by molar-refractivity contribution is -0.315. The average molecular weight is 925 g/mol. The van der Waals surface area contributed by atoms with Gasteiger partial charge in [0.2, 0.25) is 0 Å². The van der Waals surface area contributed by atoms with E-state index in [0.717, 1.165) is 5.56 Å². The van der Waals surface area contributed by atoms with Crippen LogP contribution in [0.5, 0.6) is 0 Å². The lowest BCUT2D eigenvalue weighted by atomic mass is 9.79. The minimum absolute atomic E-state index is 0.0905. The Morgan fingerprint density at radius 2 is 1.72 bits per heavy atom. The third-order valence-corrected chi connectivity index (χ3v) is 14.2. The number of hydrogen-bond acceptors (Lipinski definition) is 16. The zero-order valence-electron chi connectivity index (χ0n) is 39.5. The van der Waals surface area contributed by atoms with Crippen molar-refractivity contribution < 1.29 is 66.9 Å². The number of nitrogens with one attached hydrogen (secondary N) is 1. The van der Waals surface area contributed by atoms with E-state index in [-0.39, 0.29) is 37.5 Å². The van der Waals surface area contributed by atoms with Crippen molar-refractivity contribution in [3.63, 3.8) is 0 Å². The molecule has 1 amide bonds. The quantitative estimate of drug-likeness (QED) is 0.200. The number of methoxy groups -OCH3 is 1. The van der Waals surface area contributed by atoms with Crippen molar-refractivity contribution in [2.45, 2.75) is 192 Å². The van der Waals surface area contributed by atoms with Crippen molar-refractivity contribution in [3.8, 4) is 0 Å². The van der Waals surface area contributed by atoms with Crippen LogP contribution in [0.3, 0.4) is 0 Å². The van der Waals surface area contributed by atoms with E-state index in [2.05, 4.69) is 5.32 Å². The fraction of sp³-hybridized carbons (Fsp3) is 0.783. The molecule has 1 aromatic rings. The summed E-state index contributed by atoms with van der Waals surface area (Å²) < 4.78 is 63.6. The van der Waals surface area contributed by atoms with Crippen LogP contribution in [0, 0.1) is 17.8 Å². The third kappa shape index (κ3) is 10.5. The van der Waals surface area contributed by atoms with E-state index in [1.807, 2.05) is 73.5 Å². The van der Waals surface area contributed by atoms with E-state index in [1.54, 1.807) is 39.0 Å². The molecule has 18 atom stereocenters. The van der Waals surface area contributed by atoms with E-state index in [0.29, 0.717) is 23.8 Å². The zero-order chi connectivity index (χ0) is 47.1. The van der Waals surface area contributed by atoms with Crippen LogP contribution >= 0.6 is 11.6 Å². The molecule has 0 aromatic heterocycles. The topological polar surface area (TPSA) is 191 Å². The number of carbonyl (C=O) groups is 3. The van der Waals surface area contributed by atoms with Gasteiger partial charge in [-0.25, -0.2) is 14.6 Å². The molecule has 0 radical (unpaired) electrons. The van der Waals surface area contributed by atoms with Crippen molar-refractivity contribution in [1.82, 2.24) is 10.2 Å². The minimum Gasteiger partial charge on any atom is -0.472 e. The maximum atomic E-state index is 14.7. The van der Waals surface area contributed by atoms with Gasteiger partial charge in [-0.1, -0.05) is 44.5 Å². The molecule has 0 saturated carbocycles. The van der Waals surface area contributed by atoms with Crippen molar-refractivity contribution in [2.24, 2.45) is 22.7 Å². The summed E-state index contributed by atoms with van der Waals surface area (Å²) >= 11 is 6.14. The number of likely N-dealkylation sites (N-methyl/N-ethyl adjacent to an activating group) is 1. The van der Waals surface area contributed by atoms with Gasteiger partial charge in [0.1, 0.15) is 29.5 Å². The van der Waals surface area contributed by atoms with Gasteiger partial charge in [-0.3, -0.25) is 4.79 Å².